The molecule has 0 saturated carbocycles. The van der Waals surface area contributed by atoms with Crippen molar-refractivity contribution in [3.8, 4) is 0 Å². The summed E-state index contributed by atoms with van der Waals surface area (Å²) < 4.78 is 54.4. The smallest absolute Gasteiger partial charge is 0.253 e. The highest BCUT2D eigenvalue weighted by Crippen LogP contribution is 2.27. The highest BCUT2D eigenvalue weighted by molar-refractivity contribution is 5.74. The second-order valence-electron chi connectivity index (χ2n) is 4.79. The van der Waals surface area contributed by atoms with Gasteiger partial charge in [-0.3, -0.25) is 4.79 Å². The Balaban J connectivity index is 2.43. The van der Waals surface area contributed by atoms with Gasteiger partial charge in [-0.15, -0.1) is 0 Å². The number of benzene rings is 1. The number of hydrogen-bond acceptors (Lipinski definition) is 3. The van der Waals surface area contributed by atoms with E-state index in [9.17, 15) is 22.4 Å². The molecule has 0 bridgehead atoms. The first kappa shape index (κ1) is 16.7. The molecule has 0 aliphatic rings. The van der Waals surface area contributed by atoms with Gasteiger partial charge in [0, 0.05) is 19.5 Å². The zero-order chi connectivity index (χ0) is 17.0. The Morgan fingerprint density at radius 1 is 1.04 bits per heavy atom. The lowest BCUT2D eigenvalue weighted by Crippen LogP contribution is -2.30. The van der Waals surface area contributed by atoms with E-state index in [4.69, 9.17) is 5.73 Å². The van der Waals surface area contributed by atoms with E-state index < -0.39 is 35.1 Å². The summed E-state index contributed by atoms with van der Waals surface area (Å²) in [5.41, 5.74) is 4.75. The van der Waals surface area contributed by atoms with Crippen molar-refractivity contribution in [2.24, 2.45) is 5.73 Å². The Morgan fingerprint density at radius 3 is 2.13 bits per heavy atom. The molecule has 0 aliphatic heterocycles. The maximum atomic E-state index is 13.9. The van der Waals surface area contributed by atoms with Gasteiger partial charge in [0.1, 0.15) is 5.69 Å². The van der Waals surface area contributed by atoms with Crippen LogP contribution >= 0.6 is 0 Å². The molecule has 2 N–H and O–H groups in total. The quantitative estimate of drug-likeness (QED) is 0.655. The van der Waals surface area contributed by atoms with Crippen molar-refractivity contribution in [1.82, 2.24) is 4.98 Å². The molecule has 0 fully saturated rings. The number of anilines is 1. The minimum atomic E-state index is -1.75. The van der Waals surface area contributed by atoms with E-state index in [0.29, 0.717) is 5.56 Å². The number of halogens is 4. The molecular weight excluding hydrogens is 314 g/mol. The van der Waals surface area contributed by atoms with Crippen LogP contribution in [0.2, 0.25) is 0 Å². The predicted molar refractivity (Wildman–Crippen MR) is 75.4 cm³/mol. The number of aromatic nitrogens is 1. The number of primary amides is 1. The van der Waals surface area contributed by atoms with Gasteiger partial charge in [-0.1, -0.05) is 30.3 Å². The fourth-order valence-corrected chi connectivity index (χ4v) is 2.07. The molecule has 0 atom stereocenters. The standard InChI is InChI=1S/C15H13F4N3O/c16-11-13(12(17)15(19)21-14(11)18)22(7-6-10(20)23)8-9-4-2-1-3-5-9/h1-5H,6-8H2,(H2,20,23). The molecule has 23 heavy (non-hydrogen) atoms. The van der Waals surface area contributed by atoms with Crippen LogP contribution in [0.15, 0.2) is 30.3 Å². The van der Waals surface area contributed by atoms with Crippen molar-refractivity contribution in [2.75, 3.05) is 11.4 Å². The second kappa shape index (κ2) is 7.08. The molecule has 0 saturated heterocycles. The molecule has 1 heterocycles. The van der Waals surface area contributed by atoms with E-state index in [1.165, 1.54) is 0 Å². The van der Waals surface area contributed by atoms with Crippen LogP contribution in [0.5, 0.6) is 0 Å². The molecule has 1 amide bonds. The average molecular weight is 327 g/mol. The third-order valence-corrected chi connectivity index (χ3v) is 3.13. The fourth-order valence-electron chi connectivity index (χ4n) is 2.07. The summed E-state index contributed by atoms with van der Waals surface area (Å²) in [7, 11) is 0. The number of nitrogens with zero attached hydrogens (tertiary/aromatic N) is 2. The number of nitrogens with two attached hydrogens (primary N) is 1. The number of amides is 1. The maximum absolute atomic E-state index is 13.9. The lowest BCUT2D eigenvalue weighted by Gasteiger charge is -2.25. The van der Waals surface area contributed by atoms with Gasteiger partial charge in [-0.2, -0.15) is 22.5 Å². The molecule has 2 rings (SSSR count). The van der Waals surface area contributed by atoms with E-state index in [1.807, 2.05) is 0 Å². The molecule has 1 aromatic heterocycles. The third-order valence-electron chi connectivity index (χ3n) is 3.13. The maximum Gasteiger partial charge on any atom is 0.253 e. The lowest BCUT2D eigenvalue weighted by atomic mass is 10.2. The van der Waals surface area contributed by atoms with Crippen LogP contribution in [-0.2, 0) is 11.3 Å². The highest BCUT2D eigenvalue weighted by Gasteiger charge is 2.25. The van der Waals surface area contributed by atoms with Gasteiger partial charge < -0.3 is 10.6 Å². The van der Waals surface area contributed by atoms with Gasteiger partial charge in [0.2, 0.25) is 17.5 Å². The minimum Gasteiger partial charge on any atom is -0.370 e. The number of pyridine rings is 1. The predicted octanol–water partition coefficient (Wildman–Crippen LogP) is 2.52. The van der Waals surface area contributed by atoms with Gasteiger partial charge in [0.05, 0.1) is 0 Å². The van der Waals surface area contributed by atoms with Crippen molar-refractivity contribution in [3.05, 3.63) is 59.4 Å². The van der Waals surface area contributed by atoms with E-state index in [2.05, 4.69) is 4.98 Å². The second-order valence-corrected chi connectivity index (χ2v) is 4.79. The van der Waals surface area contributed by atoms with Crippen LogP contribution in [0.3, 0.4) is 0 Å². The first-order chi connectivity index (χ1) is 10.9. The molecule has 2 aromatic rings. The van der Waals surface area contributed by atoms with Crippen molar-refractivity contribution in [2.45, 2.75) is 13.0 Å². The Hall–Kier alpha value is -2.64. The van der Waals surface area contributed by atoms with Gasteiger partial charge in [-0.05, 0) is 5.56 Å². The summed E-state index contributed by atoms with van der Waals surface area (Å²) in [5, 5.41) is 0. The summed E-state index contributed by atoms with van der Waals surface area (Å²) in [4.78, 5) is 14.5. The van der Waals surface area contributed by atoms with Crippen molar-refractivity contribution >= 4 is 11.6 Å². The SMILES string of the molecule is NC(=O)CCN(Cc1ccccc1)c1c(F)c(F)nc(F)c1F. The van der Waals surface area contributed by atoms with Crippen LogP contribution in [0, 0.1) is 23.5 Å². The minimum absolute atomic E-state index is 0.0646. The Kier molecular flexibility index (Phi) is 5.15. The summed E-state index contributed by atoms with van der Waals surface area (Å²) in [6.07, 6.45) is -0.239. The summed E-state index contributed by atoms with van der Waals surface area (Å²) in [5.74, 6) is -7.46. The zero-order valence-electron chi connectivity index (χ0n) is 11.9. The molecule has 8 heteroatoms. The van der Waals surface area contributed by atoms with E-state index >= 15 is 0 Å². The van der Waals surface area contributed by atoms with Gasteiger partial charge in [0.25, 0.3) is 11.9 Å². The van der Waals surface area contributed by atoms with Crippen LogP contribution < -0.4 is 10.6 Å². The normalized spacial score (nSPS) is 10.6. The Labute approximate surface area is 129 Å². The Bertz CT molecular complexity index is 683. The summed E-state index contributed by atoms with van der Waals surface area (Å²) >= 11 is 0. The van der Waals surface area contributed by atoms with Gasteiger partial charge in [0.15, 0.2) is 0 Å². The Morgan fingerprint density at radius 2 is 1.61 bits per heavy atom. The topological polar surface area (TPSA) is 59.2 Å². The monoisotopic (exact) mass is 327 g/mol. The zero-order valence-corrected chi connectivity index (χ0v) is 11.9. The average Bonchev–Trinajstić information content (AvgIpc) is 2.51. The third kappa shape index (κ3) is 3.97. The first-order valence-electron chi connectivity index (χ1n) is 6.67. The number of rotatable bonds is 6. The molecule has 0 aliphatic carbocycles. The molecule has 0 unspecified atom stereocenters. The fraction of sp³-hybridized carbons (Fsp3) is 0.200. The van der Waals surface area contributed by atoms with Gasteiger partial charge in [-0.25, -0.2) is 0 Å². The molecule has 122 valence electrons. The van der Waals surface area contributed by atoms with Gasteiger partial charge >= 0.3 is 0 Å². The summed E-state index contributed by atoms with van der Waals surface area (Å²) in [6, 6.07) is 8.47. The van der Waals surface area contributed by atoms with Crippen LogP contribution in [-0.4, -0.2) is 17.4 Å². The summed E-state index contributed by atoms with van der Waals surface area (Å²) in [6.45, 7) is -0.272. The number of hydrogen-bond donors (Lipinski definition) is 1. The number of carbonyl (C=O) groups is 1. The molecule has 4 nitrogen and oxygen atoms in total. The molecule has 0 radical (unpaired) electrons. The molecular formula is C15H13F4N3O. The molecule has 0 spiro atoms. The highest BCUT2D eigenvalue weighted by atomic mass is 19.2. The molecule has 1 aromatic carbocycles. The lowest BCUT2D eigenvalue weighted by molar-refractivity contribution is -0.117. The van der Waals surface area contributed by atoms with Crippen molar-refractivity contribution in [3.63, 3.8) is 0 Å². The van der Waals surface area contributed by atoms with Crippen molar-refractivity contribution in [1.29, 1.82) is 0 Å². The van der Waals surface area contributed by atoms with E-state index in [1.54, 1.807) is 30.3 Å². The van der Waals surface area contributed by atoms with Crippen LogP contribution in [0.25, 0.3) is 0 Å². The number of carbonyl (C=O) groups excluding carboxylic acids is 1. The first-order valence-corrected chi connectivity index (χ1v) is 6.67. The van der Waals surface area contributed by atoms with Crippen LogP contribution in [0.1, 0.15) is 12.0 Å². The van der Waals surface area contributed by atoms with Crippen molar-refractivity contribution < 1.29 is 22.4 Å². The van der Waals surface area contributed by atoms with E-state index in [-0.39, 0.29) is 19.5 Å². The van der Waals surface area contributed by atoms with Crippen LogP contribution in [0.4, 0.5) is 23.2 Å². The largest absolute Gasteiger partial charge is 0.370 e. The van der Waals surface area contributed by atoms with E-state index in [0.717, 1.165) is 4.90 Å².